The number of fused-ring (bicyclic) bond motifs is 1. The number of amides is 8. The quantitative estimate of drug-likeness (QED) is 0.0189. The van der Waals surface area contributed by atoms with Gasteiger partial charge in [0.1, 0.15) is 48.3 Å². The first kappa shape index (κ1) is 69.7. The minimum Gasteiger partial charge on any atom is -0.481 e. The number of hydrogen-bond donors (Lipinski definition) is 17. The molecule has 2 aromatic rings. The van der Waals surface area contributed by atoms with Crippen molar-refractivity contribution in [3.8, 4) is 0 Å². The molecule has 21 N–H and O–H groups in total. The molecule has 1 heterocycles. The Balaban J connectivity index is 2.46. The molecular formula is C53H88N14O14. The molecule has 454 valence electrons. The number of aliphatic hydroxyl groups excluding tert-OH is 2. The Bertz CT molecular complexity index is 2450. The fourth-order valence-electron chi connectivity index (χ4n) is 8.57. The number of aliphatic imine (C=N–C) groups is 1. The highest BCUT2D eigenvalue weighted by molar-refractivity contribution is 5.98. The van der Waals surface area contributed by atoms with E-state index in [-0.39, 0.29) is 81.7 Å². The van der Waals surface area contributed by atoms with Crippen LogP contribution in [0.5, 0.6) is 0 Å². The number of nitrogens with one attached hydrogen (secondary N) is 9. The van der Waals surface area contributed by atoms with Gasteiger partial charge in [-0.05, 0) is 101 Å². The van der Waals surface area contributed by atoms with E-state index in [2.05, 4.69) is 52.5 Å². The monoisotopic (exact) mass is 1140 g/mol. The minimum absolute atomic E-state index is 0.0179. The molecule has 10 atom stereocenters. The van der Waals surface area contributed by atoms with Gasteiger partial charge in [0.25, 0.3) is 0 Å². The maximum absolute atomic E-state index is 14.3. The molecule has 28 nitrogen and oxygen atoms in total. The Kier molecular flexibility index (Phi) is 30.4. The van der Waals surface area contributed by atoms with Crippen LogP contribution in [0.2, 0.25) is 0 Å². The van der Waals surface area contributed by atoms with E-state index in [0.717, 1.165) is 5.52 Å². The summed E-state index contributed by atoms with van der Waals surface area (Å²) in [5, 5.41) is 61.4. The highest BCUT2D eigenvalue weighted by Gasteiger charge is 2.37. The molecule has 81 heavy (non-hydrogen) atoms. The molecule has 0 saturated carbocycles. The van der Waals surface area contributed by atoms with E-state index in [1.165, 1.54) is 6.92 Å². The number of aromatic nitrogens is 1. The first-order valence-corrected chi connectivity index (χ1v) is 27.3. The number of rotatable bonds is 38. The summed E-state index contributed by atoms with van der Waals surface area (Å²) in [6.45, 7) is 11.1. The van der Waals surface area contributed by atoms with Crippen molar-refractivity contribution in [2.24, 2.45) is 45.7 Å². The highest BCUT2D eigenvalue weighted by Crippen LogP contribution is 2.20. The molecule has 0 fully saturated rings. The lowest BCUT2D eigenvalue weighted by molar-refractivity contribution is -0.143. The van der Waals surface area contributed by atoms with Crippen LogP contribution < -0.4 is 65.5 Å². The summed E-state index contributed by atoms with van der Waals surface area (Å²) in [5.41, 5.74) is 24.1. The van der Waals surface area contributed by atoms with Gasteiger partial charge in [0.2, 0.25) is 47.3 Å². The van der Waals surface area contributed by atoms with Crippen LogP contribution in [0.25, 0.3) is 10.9 Å². The van der Waals surface area contributed by atoms with E-state index in [0.29, 0.717) is 23.8 Å². The fourth-order valence-corrected chi connectivity index (χ4v) is 8.57. The zero-order valence-corrected chi connectivity index (χ0v) is 47.4. The van der Waals surface area contributed by atoms with Crippen molar-refractivity contribution in [1.82, 2.24) is 47.5 Å². The number of carboxylic acid groups (broad SMARTS) is 2. The average Bonchev–Trinajstić information content (AvgIpc) is 3.87. The third-order valence-electron chi connectivity index (χ3n) is 12.8. The first-order chi connectivity index (χ1) is 38.1. The summed E-state index contributed by atoms with van der Waals surface area (Å²) in [7, 11) is 0. The molecule has 0 spiro atoms. The van der Waals surface area contributed by atoms with Crippen molar-refractivity contribution >= 4 is 76.1 Å². The summed E-state index contributed by atoms with van der Waals surface area (Å²) in [6.07, 6.45) is -0.542. The average molecular weight is 1150 g/mol. The van der Waals surface area contributed by atoms with Gasteiger partial charge >= 0.3 is 11.9 Å². The summed E-state index contributed by atoms with van der Waals surface area (Å²) in [5.74, 6) is -10.8. The van der Waals surface area contributed by atoms with Crippen LogP contribution in [0.1, 0.15) is 118 Å². The normalized spacial score (nSPS) is 15.1. The van der Waals surface area contributed by atoms with E-state index in [1.54, 1.807) is 58.2 Å². The summed E-state index contributed by atoms with van der Waals surface area (Å²) in [4.78, 5) is 142. The topological polar surface area (TPSA) is 480 Å². The summed E-state index contributed by atoms with van der Waals surface area (Å²) in [6, 6.07) is -6.02. The molecular weight excluding hydrogens is 1060 g/mol. The third-order valence-corrected chi connectivity index (χ3v) is 12.8. The Morgan fingerprint density at radius 3 is 1.57 bits per heavy atom. The number of carbonyl (C=O) groups is 10. The number of aliphatic carboxylic acids is 2. The van der Waals surface area contributed by atoms with Gasteiger partial charge in [-0.2, -0.15) is 0 Å². The van der Waals surface area contributed by atoms with Crippen molar-refractivity contribution < 1.29 is 68.4 Å². The smallest absolute Gasteiger partial charge is 0.326 e. The standard InChI is InChI=1S/C53H88N14O14/c1-27(2)21-33(55)44(72)63-38(22-28(3)4)49(77)67-43(30(7)69)51(79)62-37(17-18-42(70)71)47(75)60-35(15-10-11-19-54)46(74)66-41(26-68)50(78)61-36(16-12-20-58-53(56)57)45(73)64-39(48(76)65-40(52(80)81)23-29(5)6)24-31-25-59-34-14-9-8-13-32(31)34/h8-9,13-14,25,27-30,33,35-41,43,59,68-69H,10-12,15-24,26,54-55H2,1-7H3,(H,60,75)(H,61,78)(H,62,79)(H,63,72)(H,64,73)(H,65,76)(H,66,74)(H,67,77)(H,70,71)(H,80,81)(H4,56,57,58)/t30-,33+,35+,36+,37+,38+,39+,40+,41+,43+/m1/s1. The zero-order valence-electron chi connectivity index (χ0n) is 47.4. The van der Waals surface area contributed by atoms with Crippen LogP contribution in [0.3, 0.4) is 0 Å². The number of aliphatic hydroxyl groups is 2. The Morgan fingerprint density at radius 1 is 0.568 bits per heavy atom. The Morgan fingerprint density at radius 2 is 1.04 bits per heavy atom. The van der Waals surface area contributed by atoms with Crippen LogP contribution in [0.15, 0.2) is 35.5 Å². The zero-order chi connectivity index (χ0) is 61.1. The van der Waals surface area contributed by atoms with E-state index < -0.39 is 139 Å². The summed E-state index contributed by atoms with van der Waals surface area (Å²) >= 11 is 0. The molecule has 1 aromatic heterocycles. The molecule has 8 amide bonds. The van der Waals surface area contributed by atoms with Crippen LogP contribution in [-0.2, 0) is 54.4 Å². The largest absolute Gasteiger partial charge is 0.481 e. The number of unbranched alkanes of at least 4 members (excludes halogenated alkanes) is 1. The molecule has 0 bridgehead atoms. The van der Waals surface area contributed by atoms with Crippen LogP contribution in [-0.4, -0.2) is 171 Å². The molecule has 0 aliphatic rings. The molecule has 0 radical (unpaired) electrons. The predicted molar refractivity (Wildman–Crippen MR) is 300 cm³/mol. The van der Waals surface area contributed by atoms with Crippen molar-refractivity contribution in [1.29, 1.82) is 0 Å². The molecule has 0 saturated heterocycles. The Labute approximate surface area is 471 Å². The van der Waals surface area contributed by atoms with E-state index in [9.17, 15) is 68.4 Å². The highest BCUT2D eigenvalue weighted by atomic mass is 16.4. The lowest BCUT2D eigenvalue weighted by Gasteiger charge is -2.29. The molecule has 1 aromatic carbocycles. The number of nitrogens with zero attached hydrogens (tertiary/aromatic N) is 1. The SMILES string of the molecule is CC(C)C[C@H](NC(=O)[C@H](Cc1c[nH]c2ccccc12)NC(=O)[C@H](CCCN=C(N)N)NC(=O)[C@H](CO)NC(=O)[C@H](CCCCN)NC(=O)[C@H](CCC(=O)O)NC(=O)[C@@H](NC(=O)[C@H](CC(C)C)NC(=O)[C@@H](N)CC(C)C)[C@@H](C)O)C(=O)O. The van der Waals surface area contributed by atoms with E-state index >= 15 is 0 Å². The first-order valence-electron chi connectivity index (χ1n) is 27.3. The number of carbonyl (C=O) groups excluding carboxylic acids is 8. The lowest BCUT2D eigenvalue weighted by atomic mass is 10.00. The minimum atomic E-state index is -1.80. The van der Waals surface area contributed by atoms with Gasteiger partial charge in [-0.1, -0.05) is 59.7 Å². The molecule has 0 aliphatic carbocycles. The second kappa shape index (κ2) is 35.3. The van der Waals surface area contributed by atoms with Crippen molar-refractivity contribution in [3.05, 3.63) is 36.0 Å². The molecule has 2 rings (SSSR count). The van der Waals surface area contributed by atoms with Gasteiger partial charge < -0.3 is 90.9 Å². The molecule has 0 aliphatic heterocycles. The number of aromatic amines is 1. The van der Waals surface area contributed by atoms with Crippen LogP contribution in [0, 0.1) is 17.8 Å². The van der Waals surface area contributed by atoms with Crippen molar-refractivity contribution in [2.45, 2.75) is 180 Å². The van der Waals surface area contributed by atoms with E-state index in [4.69, 9.17) is 22.9 Å². The van der Waals surface area contributed by atoms with Gasteiger partial charge in [-0.3, -0.25) is 48.1 Å². The fraction of sp³-hybridized carbons (Fsp3) is 0.642. The van der Waals surface area contributed by atoms with Gasteiger partial charge in [0.15, 0.2) is 5.96 Å². The molecule has 0 unspecified atom stereocenters. The second-order valence-corrected chi connectivity index (χ2v) is 21.4. The number of H-pyrrole nitrogens is 1. The maximum Gasteiger partial charge on any atom is 0.326 e. The van der Waals surface area contributed by atoms with Gasteiger partial charge in [0, 0.05) is 36.5 Å². The Hall–Kier alpha value is -7.43. The third kappa shape index (κ3) is 25.3. The van der Waals surface area contributed by atoms with Gasteiger partial charge in [0.05, 0.1) is 18.8 Å². The number of guanidine groups is 1. The van der Waals surface area contributed by atoms with Gasteiger partial charge in [-0.25, -0.2) is 4.79 Å². The van der Waals surface area contributed by atoms with Gasteiger partial charge in [-0.15, -0.1) is 0 Å². The van der Waals surface area contributed by atoms with E-state index in [1.807, 2.05) is 13.8 Å². The van der Waals surface area contributed by atoms with Crippen molar-refractivity contribution in [3.63, 3.8) is 0 Å². The maximum atomic E-state index is 14.3. The van der Waals surface area contributed by atoms with Crippen LogP contribution >= 0.6 is 0 Å². The number of nitrogens with two attached hydrogens (primary N) is 4. The second-order valence-electron chi connectivity index (χ2n) is 21.4. The number of carboxylic acids is 2. The molecule has 28 heteroatoms. The number of para-hydroxylation sites is 1. The summed E-state index contributed by atoms with van der Waals surface area (Å²) < 4.78 is 0. The van der Waals surface area contributed by atoms with Crippen LogP contribution in [0.4, 0.5) is 0 Å². The van der Waals surface area contributed by atoms with Crippen molar-refractivity contribution in [2.75, 3.05) is 19.7 Å². The predicted octanol–water partition coefficient (Wildman–Crippen LogP) is -2.44. The lowest BCUT2D eigenvalue weighted by Crippen LogP contribution is -2.62. The number of benzene rings is 1. The number of hydrogen-bond acceptors (Lipinski definition) is 15.